The number of carbonyl (C=O) groups excluding carboxylic acids is 2. The Labute approximate surface area is 134 Å². The highest BCUT2D eigenvalue weighted by Crippen LogP contribution is 2.12. The fourth-order valence-electron chi connectivity index (χ4n) is 1.56. The molecule has 0 atom stereocenters. The molecule has 0 bridgehead atoms. The molecule has 0 saturated carbocycles. The molecular weight excluding hydrogens is 388 g/mol. The molecule has 2 aromatic carbocycles. The van der Waals surface area contributed by atoms with Crippen LogP contribution in [0.25, 0.3) is 0 Å². The zero-order chi connectivity index (χ0) is 15.2. The van der Waals surface area contributed by atoms with Gasteiger partial charge in [0.25, 0.3) is 5.91 Å². The number of rotatable bonds is 4. The minimum Gasteiger partial charge on any atom is -0.452 e. The number of amides is 1. The van der Waals surface area contributed by atoms with E-state index in [4.69, 9.17) is 4.74 Å². The van der Waals surface area contributed by atoms with E-state index in [1.165, 1.54) is 12.1 Å². The molecule has 4 nitrogen and oxygen atoms in total. The Kier molecular flexibility index (Phi) is 5.26. The second-order valence-electron chi connectivity index (χ2n) is 4.14. The van der Waals surface area contributed by atoms with Crippen LogP contribution in [0.1, 0.15) is 10.4 Å². The predicted octanol–water partition coefficient (Wildman–Crippen LogP) is 3.23. The van der Waals surface area contributed by atoms with Gasteiger partial charge in [-0.3, -0.25) is 4.79 Å². The molecule has 0 aliphatic carbocycles. The van der Waals surface area contributed by atoms with Gasteiger partial charge in [-0.15, -0.1) is 0 Å². The molecule has 0 unspecified atom stereocenters. The molecule has 108 valence electrons. The third-order valence-electron chi connectivity index (χ3n) is 2.52. The smallest absolute Gasteiger partial charge is 0.338 e. The van der Waals surface area contributed by atoms with Gasteiger partial charge < -0.3 is 10.1 Å². The number of ether oxygens (including phenoxy) is 1. The van der Waals surface area contributed by atoms with Gasteiger partial charge in [-0.1, -0.05) is 6.07 Å². The van der Waals surface area contributed by atoms with Gasteiger partial charge in [0, 0.05) is 9.26 Å². The minimum absolute atomic E-state index is 0.193. The summed E-state index contributed by atoms with van der Waals surface area (Å²) in [5, 5.41) is 2.62. The normalized spacial score (nSPS) is 10.0. The molecular formula is C15H11FINO3. The molecule has 0 saturated heterocycles. The Morgan fingerprint density at radius 3 is 2.52 bits per heavy atom. The van der Waals surface area contributed by atoms with Crippen LogP contribution in [0, 0.1) is 9.39 Å². The van der Waals surface area contributed by atoms with Crippen LogP contribution in [0.15, 0.2) is 48.5 Å². The lowest BCUT2D eigenvalue weighted by Gasteiger charge is -2.07. The fraction of sp³-hybridized carbons (Fsp3) is 0.0667. The third kappa shape index (κ3) is 4.82. The number of hydrogen-bond acceptors (Lipinski definition) is 3. The Bertz CT molecular complexity index is 658. The van der Waals surface area contributed by atoms with Crippen LogP contribution >= 0.6 is 22.6 Å². The molecule has 0 spiro atoms. The SMILES string of the molecule is O=C(COC(=O)c1ccc(F)cc1)Nc1cccc(I)c1. The summed E-state index contributed by atoms with van der Waals surface area (Å²) in [5.74, 6) is -1.55. The van der Waals surface area contributed by atoms with Gasteiger partial charge in [0.1, 0.15) is 5.82 Å². The average molecular weight is 399 g/mol. The largest absolute Gasteiger partial charge is 0.452 e. The van der Waals surface area contributed by atoms with E-state index in [0.717, 1.165) is 15.7 Å². The summed E-state index contributed by atoms with van der Waals surface area (Å²) in [6.07, 6.45) is 0. The van der Waals surface area contributed by atoms with Gasteiger partial charge in [-0.2, -0.15) is 0 Å². The highest BCUT2D eigenvalue weighted by Gasteiger charge is 2.10. The molecule has 0 aliphatic heterocycles. The van der Waals surface area contributed by atoms with E-state index in [2.05, 4.69) is 27.9 Å². The predicted molar refractivity (Wildman–Crippen MR) is 84.5 cm³/mol. The van der Waals surface area contributed by atoms with Crippen LogP contribution < -0.4 is 5.32 Å². The molecule has 6 heteroatoms. The van der Waals surface area contributed by atoms with Gasteiger partial charge in [0.05, 0.1) is 5.56 Å². The standard InChI is InChI=1S/C15H11FINO3/c16-11-6-4-10(5-7-11)15(20)21-9-14(19)18-13-3-1-2-12(17)8-13/h1-8H,9H2,(H,18,19). The lowest BCUT2D eigenvalue weighted by atomic mass is 10.2. The van der Waals surface area contributed by atoms with Gasteiger partial charge in [-0.05, 0) is 65.1 Å². The molecule has 0 fully saturated rings. The number of carbonyl (C=O) groups is 2. The van der Waals surface area contributed by atoms with E-state index in [1.54, 1.807) is 12.1 Å². The van der Waals surface area contributed by atoms with Crippen LogP contribution in [0.3, 0.4) is 0 Å². The van der Waals surface area contributed by atoms with E-state index in [-0.39, 0.29) is 5.56 Å². The molecule has 1 amide bonds. The van der Waals surface area contributed by atoms with E-state index < -0.39 is 24.3 Å². The zero-order valence-electron chi connectivity index (χ0n) is 10.8. The maximum absolute atomic E-state index is 12.7. The Hall–Kier alpha value is -1.96. The second kappa shape index (κ2) is 7.16. The van der Waals surface area contributed by atoms with E-state index in [1.807, 2.05) is 12.1 Å². The van der Waals surface area contributed by atoms with Gasteiger partial charge in [0.15, 0.2) is 6.61 Å². The van der Waals surface area contributed by atoms with Crippen LogP contribution in [-0.4, -0.2) is 18.5 Å². The summed E-state index contributed by atoms with van der Waals surface area (Å²) >= 11 is 2.13. The number of nitrogens with one attached hydrogen (secondary N) is 1. The Balaban J connectivity index is 1.86. The number of hydrogen-bond donors (Lipinski definition) is 1. The molecule has 2 aromatic rings. The molecule has 2 rings (SSSR count). The summed E-state index contributed by atoms with van der Waals surface area (Å²) < 4.78 is 18.6. The highest BCUT2D eigenvalue weighted by atomic mass is 127. The third-order valence-corrected chi connectivity index (χ3v) is 3.19. The fourth-order valence-corrected chi connectivity index (χ4v) is 2.11. The Morgan fingerprint density at radius 2 is 1.86 bits per heavy atom. The molecule has 0 radical (unpaired) electrons. The summed E-state index contributed by atoms with van der Waals surface area (Å²) in [4.78, 5) is 23.3. The van der Waals surface area contributed by atoms with Crippen molar-refractivity contribution in [1.82, 2.24) is 0 Å². The quantitative estimate of drug-likeness (QED) is 0.635. The number of benzene rings is 2. The van der Waals surface area contributed by atoms with Crippen LogP contribution in [0.2, 0.25) is 0 Å². The minimum atomic E-state index is -0.673. The lowest BCUT2D eigenvalue weighted by Crippen LogP contribution is -2.20. The molecule has 1 N–H and O–H groups in total. The van der Waals surface area contributed by atoms with E-state index in [9.17, 15) is 14.0 Å². The van der Waals surface area contributed by atoms with Crippen molar-refractivity contribution in [3.05, 3.63) is 63.5 Å². The van der Waals surface area contributed by atoms with E-state index in [0.29, 0.717) is 5.69 Å². The first-order valence-electron chi connectivity index (χ1n) is 6.03. The van der Waals surface area contributed by atoms with Crippen molar-refractivity contribution in [1.29, 1.82) is 0 Å². The maximum atomic E-state index is 12.7. The monoisotopic (exact) mass is 399 g/mol. The lowest BCUT2D eigenvalue weighted by molar-refractivity contribution is -0.119. The van der Waals surface area contributed by atoms with Crippen molar-refractivity contribution in [2.45, 2.75) is 0 Å². The van der Waals surface area contributed by atoms with Crippen molar-refractivity contribution in [3.8, 4) is 0 Å². The second-order valence-corrected chi connectivity index (χ2v) is 5.39. The summed E-state index contributed by atoms with van der Waals surface area (Å²) in [6, 6.07) is 12.1. The summed E-state index contributed by atoms with van der Waals surface area (Å²) in [7, 11) is 0. The number of esters is 1. The maximum Gasteiger partial charge on any atom is 0.338 e. The van der Waals surface area contributed by atoms with Crippen LogP contribution in [0.5, 0.6) is 0 Å². The first-order chi connectivity index (χ1) is 10.0. The Morgan fingerprint density at radius 1 is 1.14 bits per heavy atom. The molecule has 0 heterocycles. The number of anilines is 1. The van der Waals surface area contributed by atoms with Crippen molar-refractivity contribution in [3.63, 3.8) is 0 Å². The van der Waals surface area contributed by atoms with Crippen LogP contribution in [-0.2, 0) is 9.53 Å². The van der Waals surface area contributed by atoms with Crippen molar-refractivity contribution >= 4 is 40.2 Å². The molecule has 21 heavy (non-hydrogen) atoms. The van der Waals surface area contributed by atoms with Gasteiger partial charge in [0.2, 0.25) is 0 Å². The van der Waals surface area contributed by atoms with Crippen molar-refractivity contribution < 1.29 is 18.7 Å². The summed E-state index contributed by atoms with van der Waals surface area (Å²) in [6.45, 7) is -0.401. The first-order valence-corrected chi connectivity index (χ1v) is 7.10. The van der Waals surface area contributed by atoms with Gasteiger partial charge >= 0.3 is 5.97 Å². The summed E-state index contributed by atoms with van der Waals surface area (Å²) in [5.41, 5.74) is 0.822. The van der Waals surface area contributed by atoms with Crippen LogP contribution in [0.4, 0.5) is 10.1 Å². The first kappa shape index (κ1) is 15.4. The molecule has 0 aliphatic rings. The van der Waals surface area contributed by atoms with E-state index >= 15 is 0 Å². The zero-order valence-corrected chi connectivity index (χ0v) is 13.0. The van der Waals surface area contributed by atoms with Crippen molar-refractivity contribution in [2.24, 2.45) is 0 Å². The number of halogens is 2. The molecule has 0 aromatic heterocycles. The highest BCUT2D eigenvalue weighted by molar-refractivity contribution is 14.1. The topological polar surface area (TPSA) is 55.4 Å². The average Bonchev–Trinajstić information content (AvgIpc) is 2.45. The van der Waals surface area contributed by atoms with Crippen molar-refractivity contribution in [2.75, 3.05) is 11.9 Å². The van der Waals surface area contributed by atoms with Gasteiger partial charge in [-0.25, -0.2) is 9.18 Å².